The van der Waals surface area contributed by atoms with Crippen molar-refractivity contribution < 1.29 is 14.3 Å². The van der Waals surface area contributed by atoms with Gasteiger partial charge >= 0.3 is 0 Å². The molecule has 5 rings (SSSR count). The first-order valence-electron chi connectivity index (χ1n) is 12.6. The molecule has 0 saturated carbocycles. The third-order valence-electron chi connectivity index (χ3n) is 7.55. The maximum absolute atomic E-state index is 13.8. The summed E-state index contributed by atoms with van der Waals surface area (Å²) in [6, 6.07) is 15.1. The summed E-state index contributed by atoms with van der Waals surface area (Å²) >= 11 is 0. The Bertz CT molecular complexity index is 1230. The zero-order chi connectivity index (χ0) is 24.5. The maximum atomic E-state index is 13.8. The van der Waals surface area contributed by atoms with E-state index >= 15 is 0 Å². The third-order valence-corrected chi connectivity index (χ3v) is 7.55. The molecule has 2 aliphatic heterocycles. The number of fused-ring (bicyclic) bond motifs is 4. The van der Waals surface area contributed by atoms with Crippen LogP contribution in [-0.2, 0) is 16.0 Å². The SMILES string of the molecule is CCN(CC)CCCN1CC(=O)N2[C@H](c3cccc(OC)c3)c3[nH]c4ccccc4c3C[C@H]2C1=O. The number of piperazine rings is 1. The van der Waals surface area contributed by atoms with E-state index in [1.165, 1.54) is 0 Å². The predicted molar refractivity (Wildman–Crippen MR) is 136 cm³/mol. The molecule has 1 fully saturated rings. The standard InChI is InChI=1S/C28H34N4O3/c1-4-30(5-2)14-9-15-31-18-25(33)32-24(28(31)34)17-22-21-12-6-7-13-23(21)29-26(22)27(32)19-10-8-11-20(16-19)35-3/h6-8,10-13,16,24,27,29H,4-5,9,14-15,17-18H2,1-3H3/t24-,27+/m0/s1. The van der Waals surface area contributed by atoms with Gasteiger partial charge in [-0.15, -0.1) is 0 Å². The van der Waals surface area contributed by atoms with Gasteiger partial charge in [0.1, 0.15) is 11.8 Å². The molecular formula is C28H34N4O3. The van der Waals surface area contributed by atoms with Crippen molar-refractivity contribution in [3.05, 3.63) is 65.4 Å². The Hall–Kier alpha value is -3.32. The van der Waals surface area contributed by atoms with E-state index in [4.69, 9.17) is 4.74 Å². The van der Waals surface area contributed by atoms with Gasteiger partial charge in [0.2, 0.25) is 11.8 Å². The van der Waals surface area contributed by atoms with Gasteiger partial charge in [-0.2, -0.15) is 0 Å². The average molecular weight is 475 g/mol. The lowest BCUT2D eigenvalue weighted by atomic mass is 9.86. The maximum Gasteiger partial charge on any atom is 0.246 e. The molecule has 7 nitrogen and oxygen atoms in total. The normalized spacial score (nSPS) is 19.9. The molecule has 0 spiro atoms. The fraction of sp³-hybridized carbons (Fsp3) is 0.429. The quantitative estimate of drug-likeness (QED) is 0.542. The van der Waals surface area contributed by atoms with Crippen LogP contribution in [-0.4, -0.2) is 77.4 Å². The number of carbonyl (C=O) groups is 2. The molecule has 0 radical (unpaired) electrons. The molecule has 3 aromatic rings. The van der Waals surface area contributed by atoms with Crippen molar-refractivity contribution >= 4 is 22.7 Å². The number of nitrogens with zero attached hydrogens (tertiary/aromatic N) is 3. The smallest absolute Gasteiger partial charge is 0.246 e. The summed E-state index contributed by atoms with van der Waals surface area (Å²) in [5, 5.41) is 1.12. The number of aromatic amines is 1. The Labute approximate surface area is 206 Å². The summed E-state index contributed by atoms with van der Waals surface area (Å²) < 4.78 is 5.48. The summed E-state index contributed by atoms with van der Waals surface area (Å²) in [5.41, 5.74) is 4.09. The van der Waals surface area contributed by atoms with Crippen LogP contribution >= 0.6 is 0 Å². The molecule has 184 valence electrons. The van der Waals surface area contributed by atoms with Gasteiger partial charge in [-0.3, -0.25) is 9.59 Å². The zero-order valence-corrected chi connectivity index (χ0v) is 20.8. The first-order chi connectivity index (χ1) is 17.0. The summed E-state index contributed by atoms with van der Waals surface area (Å²) in [6.45, 7) is 7.95. The highest BCUT2D eigenvalue weighted by molar-refractivity contribution is 5.97. The van der Waals surface area contributed by atoms with Crippen molar-refractivity contribution in [2.24, 2.45) is 0 Å². The van der Waals surface area contributed by atoms with Crippen LogP contribution < -0.4 is 4.74 Å². The fourth-order valence-corrected chi connectivity index (χ4v) is 5.70. The monoisotopic (exact) mass is 474 g/mol. The van der Waals surface area contributed by atoms with E-state index in [0.717, 1.165) is 59.5 Å². The number of hydrogen-bond donors (Lipinski definition) is 1. The molecule has 0 bridgehead atoms. The second-order valence-electron chi connectivity index (χ2n) is 9.40. The molecule has 2 atom stereocenters. The first kappa shape index (κ1) is 23.4. The highest BCUT2D eigenvalue weighted by Crippen LogP contribution is 2.43. The number of methoxy groups -OCH3 is 1. The highest BCUT2D eigenvalue weighted by Gasteiger charge is 2.48. The van der Waals surface area contributed by atoms with Gasteiger partial charge in [0.15, 0.2) is 0 Å². The van der Waals surface area contributed by atoms with Crippen molar-refractivity contribution in [3.8, 4) is 5.75 Å². The van der Waals surface area contributed by atoms with Crippen molar-refractivity contribution in [2.45, 2.75) is 38.8 Å². The van der Waals surface area contributed by atoms with E-state index in [-0.39, 0.29) is 24.4 Å². The number of aromatic nitrogens is 1. The Morgan fingerprint density at radius 3 is 2.66 bits per heavy atom. The molecule has 0 unspecified atom stereocenters. The lowest BCUT2D eigenvalue weighted by Gasteiger charge is -2.47. The number of hydrogen-bond acceptors (Lipinski definition) is 4. The van der Waals surface area contributed by atoms with Crippen molar-refractivity contribution in [2.75, 3.05) is 39.8 Å². The number of nitrogens with one attached hydrogen (secondary N) is 1. The third kappa shape index (κ3) is 4.18. The number of carbonyl (C=O) groups excluding carboxylic acids is 2. The van der Waals surface area contributed by atoms with E-state index in [1.54, 1.807) is 12.0 Å². The topological polar surface area (TPSA) is 68.9 Å². The second kappa shape index (κ2) is 9.74. The molecular weight excluding hydrogens is 440 g/mol. The molecule has 1 N–H and O–H groups in total. The van der Waals surface area contributed by atoms with Crippen molar-refractivity contribution in [3.63, 3.8) is 0 Å². The van der Waals surface area contributed by atoms with Gasteiger partial charge in [-0.05, 0) is 55.4 Å². The van der Waals surface area contributed by atoms with Crippen LogP contribution in [0.4, 0.5) is 0 Å². The number of amides is 2. The predicted octanol–water partition coefficient (Wildman–Crippen LogP) is 3.59. The van der Waals surface area contributed by atoms with Gasteiger partial charge in [0.25, 0.3) is 0 Å². The molecule has 2 aliphatic rings. The molecule has 7 heteroatoms. The number of rotatable bonds is 8. The van der Waals surface area contributed by atoms with Crippen LogP contribution in [0.3, 0.4) is 0 Å². The lowest BCUT2D eigenvalue weighted by Crippen LogP contribution is -2.63. The van der Waals surface area contributed by atoms with Crippen LogP contribution in [0.5, 0.6) is 5.75 Å². The highest BCUT2D eigenvalue weighted by atomic mass is 16.5. The molecule has 1 saturated heterocycles. The number of benzene rings is 2. The largest absolute Gasteiger partial charge is 0.497 e. The van der Waals surface area contributed by atoms with E-state index in [0.29, 0.717) is 13.0 Å². The van der Waals surface area contributed by atoms with Crippen LogP contribution in [0.1, 0.15) is 43.1 Å². The van der Waals surface area contributed by atoms with E-state index in [1.807, 2.05) is 41.3 Å². The number of para-hydroxylation sites is 1. The van der Waals surface area contributed by atoms with Crippen LogP contribution in [0, 0.1) is 0 Å². The zero-order valence-electron chi connectivity index (χ0n) is 20.8. The van der Waals surface area contributed by atoms with Crippen LogP contribution in [0.2, 0.25) is 0 Å². The molecule has 2 aromatic carbocycles. The number of H-pyrrole nitrogens is 1. The van der Waals surface area contributed by atoms with Crippen molar-refractivity contribution in [1.29, 1.82) is 0 Å². The average Bonchev–Trinajstić information content (AvgIpc) is 3.26. The molecule has 35 heavy (non-hydrogen) atoms. The van der Waals surface area contributed by atoms with Gasteiger partial charge < -0.3 is 24.4 Å². The van der Waals surface area contributed by atoms with E-state index in [9.17, 15) is 9.59 Å². The molecule has 0 aliphatic carbocycles. The Balaban J connectivity index is 1.52. The lowest BCUT2D eigenvalue weighted by molar-refractivity contribution is -0.158. The summed E-state index contributed by atoms with van der Waals surface area (Å²) in [4.78, 5) is 36.9. The minimum atomic E-state index is -0.507. The Morgan fingerprint density at radius 2 is 1.89 bits per heavy atom. The second-order valence-corrected chi connectivity index (χ2v) is 9.40. The summed E-state index contributed by atoms with van der Waals surface area (Å²) in [5.74, 6) is 0.777. The van der Waals surface area contributed by atoms with E-state index < -0.39 is 6.04 Å². The van der Waals surface area contributed by atoms with Crippen LogP contribution in [0.15, 0.2) is 48.5 Å². The minimum absolute atomic E-state index is 0.00503. The molecule has 1 aromatic heterocycles. The van der Waals surface area contributed by atoms with Crippen molar-refractivity contribution in [1.82, 2.24) is 19.7 Å². The number of ether oxygens (including phenoxy) is 1. The van der Waals surface area contributed by atoms with Gasteiger partial charge in [0, 0.05) is 29.6 Å². The summed E-state index contributed by atoms with van der Waals surface area (Å²) in [7, 11) is 1.64. The summed E-state index contributed by atoms with van der Waals surface area (Å²) in [6.07, 6.45) is 1.39. The molecule has 3 heterocycles. The van der Waals surface area contributed by atoms with Crippen LogP contribution in [0.25, 0.3) is 10.9 Å². The van der Waals surface area contributed by atoms with E-state index in [2.05, 4.69) is 35.9 Å². The molecule has 2 amide bonds. The Morgan fingerprint density at radius 1 is 1.09 bits per heavy atom. The van der Waals surface area contributed by atoms with Gasteiger partial charge in [0.05, 0.1) is 19.7 Å². The Kier molecular flexibility index (Phi) is 6.52. The minimum Gasteiger partial charge on any atom is -0.497 e. The fourth-order valence-electron chi connectivity index (χ4n) is 5.70. The first-order valence-corrected chi connectivity index (χ1v) is 12.6. The van der Waals surface area contributed by atoms with Gasteiger partial charge in [-0.25, -0.2) is 0 Å². The van der Waals surface area contributed by atoms with Gasteiger partial charge in [-0.1, -0.05) is 44.2 Å².